The fraction of sp³-hybridized carbons (Fsp3) is 0.316. The highest BCUT2D eigenvalue weighted by molar-refractivity contribution is 5.97. The van der Waals surface area contributed by atoms with Gasteiger partial charge < -0.3 is 19.5 Å². The van der Waals surface area contributed by atoms with E-state index in [1.165, 1.54) is 19.8 Å². The van der Waals surface area contributed by atoms with Crippen molar-refractivity contribution in [2.75, 3.05) is 27.4 Å². The van der Waals surface area contributed by atoms with Crippen LogP contribution in [0.2, 0.25) is 0 Å². The second-order valence-corrected chi connectivity index (χ2v) is 5.41. The topological polar surface area (TPSA) is 56.8 Å². The van der Waals surface area contributed by atoms with Crippen LogP contribution in [-0.2, 0) is 0 Å². The number of para-hydroxylation sites is 1. The fourth-order valence-electron chi connectivity index (χ4n) is 2.45. The van der Waals surface area contributed by atoms with E-state index in [2.05, 4.69) is 11.4 Å². The molecule has 2 rings (SSSR count). The van der Waals surface area contributed by atoms with E-state index in [0.29, 0.717) is 30.2 Å². The van der Waals surface area contributed by atoms with Crippen LogP contribution in [0.15, 0.2) is 36.4 Å². The first-order valence-corrected chi connectivity index (χ1v) is 7.76. The molecule has 5 nitrogen and oxygen atoms in total. The molecule has 0 heterocycles. The summed E-state index contributed by atoms with van der Waals surface area (Å²) in [6.45, 7) is 4.83. The summed E-state index contributed by atoms with van der Waals surface area (Å²) in [5, 5.41) is 2.83. The minimum absolute atomic E-state index is 0.227. The third-order valence-corrected chi connectivity index (χ3v) is 3.62. The zero-order valence-electron chi connectivity index (χ0n) is 14.5. The summed E-state index contributed by atoms with van der Waals surface area (Å²) in [7, 11) is 3.05. The SMILES string of the molecule is COc1cccc(C(=O)NCCOc2ccc(C)cc2C)c1OC. The van der Waals surface area contributed by atoms with Crippen molar-refractivity contribution in [1.82, 2.24) is 5.32 Å². The molecule has 0 aromatic heterocycles. The zero-order valence-corrected chi connectivity index (χ0v) is 14.5. The number of amides is 1. The van der Waals surface area contributed by atoms with Crippen LogP contribution in [0.3, 0.4) is 0 Å². The maximum absolute atomic E-state index is 12.3. The number of ether oxygens (including phenoxy) is 3. The molecule has 128 valence electrons. The van der Waals surface area contributed by atoms with Gasteiger partial charge in [-0.15, -0.1) is 0 Å². The van der Waals surface area contributed by atoms with E-state index in [9.17, 15) is 4.79 Å². The summed E-state index contributed by atoms with van der Waals surface area (Å²) < 4.78 is 16.2. The number of nitrogens with one attached hydrogen (secondary N) is 1. The Balaban J connectivity index is 1.92. The predicted octanol–water partition coefficient (Wildman–Crippen LogP) is 3.13. The van der Waals surface area contributed by atoms with Crippen molar-refractivity contribution < 1.29 is 19.0 Å². The molecule has 1 amide bonds. The predicted molar refractivity (Wildman–Crippen MR) is 93.3 cm³/mol. The van der Waals surface area contributed by atoms with E-state index >= 15 is 0 Å². The minimum Gasteiger partial charge on any atom is -0.493 e. The number of methoxy groups -OCH3 is 2. The maximum Gasteiger partial charge on any atom is 0.255 e. The van der Waals surface area contributed by atoms with Crippen molar-refractivity contribution in [2.24, 2.45) is 0 Å². The Morgan fingerprint density at radius 2 is 1.83 bits per heavy atom. The molecule has 0 aliphatic rings. The van der Waals surface area contributed by atoms with Crippen LogP contribution in [0.1, 0.15) is 21.5 Å². The van der Waals surface area contributed by atoms with Gasteiger partial charge in [-0.1, -0.05) is 23.8 Å². The average molecular weight is 329 g/mol. The van der Waals surface area contributed by atoms with Gasteiger partial charge in [-0.3, -0.25) is 4.79 Å². The second kappa shape index (κ2) is 8.24. The van der Waals surface area contributed by atoms with E-state index in [1.807, 2.05) is 26.0 Å². The van der Waals surface area contributed by atoms with Gasteiger partial charge in [0.25, 0.3) is 5.91 Å². The lowest BCUT2D eigenvalue weighted by Crippen LogP contribution is -2.28. The van der Waals surface area contributed by atoms with Crippen molar-refractivity contribution in [3.8, 4) is 17.2 Å². The molecular weight excluding hydrogens is 306 g/mol. The van der Waals surface area contributed by atoms with E-state index in [0.717, 1.165) is 11.3 Å². The summed E-state index contributed by atoms with van der Waals surface area (Å²) >= 11 is 0. The number of carbonyl (C=O) groups excluding carboxylic acids is 1. The Kier molecular flexibility index (Phi) is 6.07. The molecule has 0 spiro atoms. The zero-order chi connectivity index (χ0) is 17.5. The monoisotopic (exact) mass is 329 g/mol. The summed E-state index contributed by atoms with van der Waals surface area (Å²) in [4.78, 5) is 12.3. The molecule has 0 aliphatic carbocycles. The van der Waals surface area contributed by atoms with Crippen molar-refractivity contribution >= 4 is 5.91 Å². The van der Waals surface area contributed by atoms with Crippen LogP contribution in [0, 0.1) is 13.8 Å². The molecule has 0 fully saturated rings. The molecule has 0 atom stereocenters. The molecule has 0 unspecified atom stereocenters. The second-order valence-electron chi connectivity index (χ2n) is 5.41. The number of hydrogen-bond donors (Lipinski definition) is 1. The summed E-state index contributed by atoms with van der Waals surface area (Å²) in [5.41, 5.74) is 2.71. The summed E-state index contributed by atoms with van der Waals surface area (Å²) in [6.07, 6.45) is 0. The molecule has 0 bridgehead atoms. The van der Waals surface area contributed by atoms with Gasteiger partial charge in [-0.05, 0) is 37.6 Å². The largest absolute Gasteiger partial charge is 0.493 e. The van der Waals surface area contributed by atoms with Crippen LogP contribution in [0.5, 0.6) is 17.2 Å². The Morgan fingerprint density at radius 3 is 2.50 bits per heavy atom. The average Bonchev–Trinajstić information content (AvgIpc) is 2.59. The smallest absolute Gasteiger partial charge is 0.255 e. The third kappa shape index (κ3) is 4.19. The van der Waals surface area contributed by atoms with E-state index in [4.69, 9.17) is 14.2 Å². The normalized spacial score (nSPS) is 10.2. The Hall–Kier alpha value is -2.69. The first kappa shape index (κ1) is 17.7. The van der Waals surface area contributed by atoms with E-state index in [1.54, 1.807) is 18.2 Å². The molecule has 1 N–H and O–H groups in total. The van der Waals surface area contributed by atoms with Crippen molar-refractivity contribution in [3.05, 3.63) is 53.1 Å². The maximum atomic E-state index is 12.3. The lowest BCUT2D eigenvalue weighted by Gasteiger charge is -2.13. The van der Waals surface area contributed by atoms with Gasteiger partial charge in [0.1, 0.15) is 12.4 Å². The van der Waals surface area contributed by atoms with Crippen LogP contribution < -0.4 is 19.5 Å². The van der Waals surface area contributed by atoms with Crippen LogP contribution in [0.25, 0.3) is 0 Å². The first-order chi connectivity index (χ1) is 11.6. The third-order valence-electron chi connectivity index (χ3n) is 3.62. The number of hydrogen-bond acceptors (Lipinski definition) is 4. The van der Waals surface area contributed by atoms with Gasteiger partial charge in [0.05, 0.1) is 26.3 Å². The van der Waals surface area contributed by atoms with Crippen molar-refractivity contribution in [1.29, 1.82) is 0 Å². The summed E-state index contributed by atoms with van der Waals surface area (Å²) in [5.74, 6) is 1.55. The molecule has 0 saturated carbocycles. The van der Waals surface area contributed by atoms with Gasteiger partial charge >= 0.3 is 0 Å². The number of carbonyl (C=O) groups is 1. The van der Waals surface area contributed by atoms with E-state index in [-0.39, 0.29) is 5.91 Å². The Labute approximate surface area is 142 Å². The highest BCUT2D eigenvalue weighted by atomic mass is 16.5. The minimum atomic E-state index is -0.227. The number of aryl methyl sites for hydroxylation is 2. The lowest BCUT2D eigenvalue weighted by molar-refractivity contribution is 0.0943. The lowest BCUT2D eigenvalue weighted by atomic mass is 10.1. The van der Waals surface area contributed by atoms with Gasteiger partial charge in [0.15, 0.2) is 11.5 Å². The van der Waals surface area contributed by atoms with Crippen molar-refractivity contribution in [2.45, 2.75) is 13.8 Å². The fourth-order valence-corrected chi connectivity index (χ4v) is 2.45. The Bertz CT molecular complexity index is 713. The molecule has 2 aromatic carbocycles. The molecule has 5 heteroatoms. The van der Waals surface area contributed by atoms with Gasteiger partial charge in [0, 0.05) is 0 Å². The van der Waals surface area contributed by atoms with Gasteiger partial charge in [-0.25, -0.2) is 0 Å². The highest BCUT2D eigenvalue weighted by Crippen LogP contribution is 2.30. The van der Waals surface area contributed by atoms with E-state index < -0.39 is 0 Å². The molecule has 2 aromatic rings. The number of benzene rings is 2. The molecule has 0 saturated heterocycles. The molecule has 0 aliphatic heterocycles. The van der Waals surface area contributed by atoms with Crippen LogP contribution in [-0.4, -0.2) is 33.3 Å². The highest BCUT2D eigenvalue weighted by Gasteiger charge is 2.15. The quantitative estimate of drug-likeness (QED) is 0.793. The van der Waals surface area contributed by atoms with Crippen molar-refractivity contribution in [3.63, 3.8) is 0 Å². The molecular formula is C19H23NO4. The number of rotatable bonds is 7. The van der Waals surface area contributed by atoms with Gasteiger partial charge in [0.2, 0.25) is 0 Å². The van der Waals surface area contributed by atoms with Crippen LogP contribution in [0.4, 0.5) is 0 Å². The Morgan fingerprint density at radius 1 is 1.04 bits per heavy atom. The standard InChI is InChI=1S/C19H23NO4/c1-13-8-9-16(14(2)12-13)24-11-10-20-19(21)15-6-5-7-17(22-3)18(15)23-4/h5-9,12H,10-11H2,1-4H3,(H,20,21). The van der Waals surface area contributed by atoms with Gasteiger partial charge in [-0.2, -0.15) is 0 Å². The van der Waals surface area contributed by atoms with Crippen LogP contribution >= 0.6 is 0 Å². The summed E-state index contributed by atoms with van der Waals surface area (Å²) in [6, 6.07) is 11.2. The molecule has 0 radical (unpaired) electrons. The first-order valence-electron chi connectivity index (χ1n) is 7.76. The molecule has 24 heavy (non-hydrogen) atoms.